The molecule has 0 saturated heterocycles. The Balaban J connectivity index is 3.05. The van der Waals surface area contributed by atoms with Gasteiger partial charge in [-0.25, -0.2) is 8.42 Å². The Labute approximate surface area is 109 Å². The highest BCUT2D eigenvalue weighted by Gasteiger charge is 2.34. The van der Waals surface area contributed by atoms with Gasteiger partial charge in [-0.2, -0.15) is 13.2 Å². The van der Waals surface area contributed by atoms with Gasteiger partial charge in [-0.3, -0.25) is 11.3 Å². The average Bonchev–Trinajstić information content (AvgIpc) is 2.27. The van der Waals surface area contributed by atoms with Gasteiger partial charge >= 0.3 is 6.18 Å². The van der Waals surface area contributed by atoms with Crippen LogP contribution in [0, 0.1) is 0 Å². The Morgan fingerprint density at radius 3 is 2.37 bits per heavy atom. The van der Waals surface area contributed by atoms with E-state index in [-0.39, 0.29) is 17.7 Å². The van der Waals surface area contributed by atoms with Crippen molar-refractivity contribution in [2.24, 2.45) is 5.84 Å². The maximum absolute atomic E-state index is 12.8. The molecule has 0 fully saturated rings. The fraction of sp³-hybridized carbons (Fsp3) is 0.455. The minimum absolute atomic E-state index is 0.0254. The summed E-state index contributed by atoms with van der Waals surface area (Å²) in [7, 11) is -3.26. The van der Waals surface area contributed by atoms with Gasteiger partial charge in [0.15, 0.2) is 0 Å². The Morgan fingerprint density at radius 2 is 1.89 bits per heavy atom. The number of halogens is 3. The number of hydrogen-bond donors (Lipinski definition) is 2. The maximum atomic E-state index is 12.8. The van der Waals surface area contributed by atoms with E-state index in [1.54, 1.807) is 0 Å². The molecule has 0 aliphatic heterocycles. The number of nitrogens with two attached hydrogens (primary N) is 1. The summed E-state index contributed by atoms with van der Waals surface area (Å²) < 4.78 is 60.6. The molecule has 1 unspecified atom stereocenters. The van der Waals surface area contributed by atoms with Gasteiger partial charge in [0.2, 0.25) is 0 Å². The number of hydrogen-bond acceptors (Lipinski definition) is 4. The van der Waals surface area contributed by atoms with Crippen LogP contribution in [0.3, 0.4) is 0 Å². The Morgan fingerprint density at radius 1 is 1.32 bits per heavy atom. The lowest BCUT2D eigenvalue weighted by atomic mass is 9.98. The standard InChI is InChI=1S/C11H15F3N2O2S/c1-19(17,18)7-6-10(16-15)8-4-2-3-5-9(8)11(12,13)14/h2-5,10,16H,6-7,15H2,1H3. The molecule has 4 nitrogen and oxygen atoms in total. The highest BCUT2D eigenvalue weighted by atomic mass is 32.2. The highest BCUT2D eigenvalue weighted by Crippen LogP contribution is 2.35. The Bertz CT molecular complexity index is 529. The minimum atomic E-state index is -4.50. The van der Waals surface area contributed by atoms with E-state index in [2.05, 4.69) is 5.43 Å². The first-order valence-electron chi connectivity index (χ1n) is 5.45. The highest BCUT2D eigenvalue weighted by molar-refractivity contribution is 7.90. The van der Waals surface area contributed by atoms with Gasteiger partial charge < -0.3 is 0 Å². The zero-order valence-corrected chi connectivity index (χ0v) is 11.1. The molecule has 0 radical (unpaired) electrons. The van der Waals surface area contributed by atoms with E-state index in [4.69, 9.17) is 5.84 Å². The van der Waals surface area contributed by atoms with Crippen LogP contribution >= 0.6 is 0 Å². The molecule has 0 aliphatic carbocycles. The van der Waals surface area contributed by atoms with E-state index < -0.39 is 27.6 Å². The SMILES string of the molecule is CS(=O)(=O)CCC(NN)c1ccccc1C(F)(F)F. The summed E-state index contributed by atoms with van der Waals surface area (Å²) in [4.78, 5) is 0. The van der Waals surface area contributed by atoms with E-state index in [9.17, 15) is 21.6 Å². The van der Waals surface area contributed by atoms with Crippen LogP contribution in [0.1, 0.15) is 23.6 Å². The molecule has 0 saturated carbocycles. The smallest absolute Gasteiger partial charge is 0.271 e. The monoisotopic (exact) mass is 296 g/mol. The quantitative estimate of drug-likeness (QED) is 0.640. The largest absolute Gasteiger partial charge is 0.416 e. The summed E-state index contributed by atoms with van der Waals surface area (Å²) in [5, 5.41) is 0. The zero-order valence-electron chi connectivity index (χ0n) is 10.2. The molecule has 3 N–H and O–H groups in total. The third-order valence-corrected chi connectivity index (χ3v) is 3.60. The minimum Gasteiger partial charge on any atom is -0.271 e. The second-order valence-corrected chi connectivity index (χ2v) is 6.48. The molecule has 1 rings (SSSR count). The average molecular weight is 296 g/mol. The molecular formula is C11H15F3N2O2S. The fourth-order valence-corrected chi connectivity index (χ4v) is 2.38. The van der Waals surface area contributed by atoms with E-state index in [1.807, 2.05) is 0 Å². The second-order valence-electron chi connectivity index (χ2n) is 4.22. The van der Waals surface area contributed by atoms with Crippen LogP contribution in [-0.2, 0) is 16.0 Å². The summed E-state index contributed by atoms with van der Waals surface area (Å²) in [5.41, 5.74) is 1.37. The van der Waals surface area contributed by atoms with Crippen molar-refractivity contribution in [2.75, 3.05) is 12.0 Å². The summed E-state index contributed by atoms with van der Waals surface area (Å²) in [6.45, 7) is 0. The van der Waals surface area contributed by atoms with Gasteiger partial charge in [0.05, 0.1) is 11.3 Å². The van der Waals surface area contributed by atoms with Crippen molar-refractivity contribution in [3.63, 3.8) is 0 Å². The van der Waals surface area contributed by atoms with Crippen molar-refractivity contribution < 1.29 is 21.6 Å². The number of benzene rings is 1. The molecule has 0 aliphatic rings. The van der Waals surface area contributed by atoms with Crippen molar-refractivity contribution in [3.05, 3.63) is 35.4 Å². The van der Waals surface area contributed by atoms with Crippen LogP contribution in [0.2, 0.25) is 0 Å². The molecule has 1 aromatic rings. The Hall–Kier alpha value is -1.12. The molecule has 0 amide bonds. The predicted octanol–water partition coefficient (Wildman–Crippen LogP) is 1.64. The molecule has 108 valence electrons. The van der Waals surface area contributed by atoms with Crippen LogP contribution in [-0.4, -0.2) is 20.4 Å². The third kappa shape index (κ3) is 4.81. The van der Waals surface area contributed by atoms with Gasteiger partial charge in [-0.1, -0.05) is 18.2 Å². The zero-order chi connectivity index (χ0) is 14.7. The Kier molecular flexibility index (Phi) is 4.94. The number of rotatable bonds is 5. The van der Waals surface area contributed by atoms with E-state index in [0.717, 1.165) is 12.3 Å². The first-order chi connectivity index (χ1) is 8.65. The van der Waals surface area contributed by atoms with Crippen LogP contribution in [0.25, 0.3) is 0 Å². The van der Waals surface area contributed by atoms with Crippen LogP contribution in [0.5, 0.6) is 0 Å². The molecule has 0 aromatic heterocycles. The van der Waals surface area contributed by atoms with Crippen molar-refractivity contribution in [3.8, 4) is 0 Å². The van der Waals surface area contributed by atoms with Gasteiger partial charge in [0.25, 0.3) is 0 Å². The summed E-state index contributed by atoms with van der Waals surface area (Å²) >= 11 is 0. The topological polar surface area (TPSA) is 72.2 Å². The molecule has 1 aromatic carbocycles. The molecule has 0 bridgehead atoms. The van der Waals surface area contributed by atoms with Gasteiger partial charge in [0, 0.05) is 12.3 Å². The van der Waals surface area contributed by atoms with E-state index in [1.165, 1.54) is 18.2 Å². The predicted molar refractivity (Wildman–Crippen MR) is 65.8 cm³/mol. The molecule has 0 spiro atoms. The molecule has 8 heteroatoms. The first kappa shape index (κ1) is 15.9. The van der Waals surface area contributed by atoms with Crippen molar-refractivity contribution in [2.45, 2.75) is 18.6 Å². The summed E-state index contributed by atoms with van der Waals surface area (Å²) in [5.74, 6) is 4.99. The summed E-state index contributed by atoms with van der Waals surface area (Å²) in [6.07, 6.45) is -3.50. The van der Waals surface area contributed by atoms with Crippen molar-refractivity contribution >= 4 is 9.84 Å². The van der Waals surface area contributed by atoms with E-state index >= 15 is 0 Å². The number of sulfone groups is 1. The second kappa shape index (κ2) is 5.89. The third-order valence-electron chi connectivity index (χ3n) is 2.62. The lowest BCUT2D eigenvalue weighted by Crippen LogP contribution is -2.31. The van der Waals surface area contributed by atoms with Gasteiger partial charge in [-0.15, -0.1) is 0 Å². The summed E-state index contributed by atoms with van der Waals surface area (Å²) in [6, 6.07) is 4.09. The van der Waals surface area contributed by atoms with Crippen LogP contribution in [0.15, 0.2) is 24.3 Å². The van der Waals surface area contributed by atoms with Gasteiger partial charge in [-0.05, 0) is 18.1 Å². The molecular weight excluding hydrogens is 281 g/mol. The van der Waals surface area contributed by atoms with Crippen molar-refractivity contribution in [1.82, 2.24) is 5.43 Å². The van der Waals surface area contributed by atoms with Crippen molar-refractivity contribution in [1.29, 1.82) is 0 Å². The molecule has 19 heavy (non-hydrogen) atoms. The van der Waals surface area contributed by atoms with Gasteiger partial charge in [0.1, 0.15) is 9.84 Å². The molecule has 1 atom stereocenters. The number of hydrazine groups is 1. The van der Waals surface area contributed by atoms with Crippen LogP contribution < -0.4 is 11.3 Å². The fourth-order valence-electron chi connectivity index (χ4n) is 1.72. The normalized spacial score (nSPS) is 14.4. The molecule has 0 heterocycles. The van der Waals surface area contributed by atoms with Crippen LogP contribution in [0.4, 0.5) is 13.2 Å². The maximum Gasteiger partial charge on any atom is 0.416 e. The number of nitrogens with one attached hydrogen (secondary N) is 1. The first-order valence-corrected chi connectivity index (χ1v) is 7.51. The lowest BCUT2D eigenvalue weighted by Gasteiger charge is -2.20. The lowest BCUT2D eigenvalue weighted by molar-refractivity contribution is -0.138. The van der Waals surface area contributed by atoms with E-state index in [0.29, 0.717) is 0 Å². The number of alkyl halides is 3.